The maximum atomic E-state index is 4.01. The quantitative estimate of drug-likeness (QED) is 0.494. The zero-order valence-corrected chi connectivity index (χ0v) is 21.0. The largest absolute Gasteiger partial charge is 0.382 e. The second-order valence-electron chi connectivity index (χ2n) is 11.4. The highest BCUT2D eigenvalue weighted by atomic mass is 32.1. The zero-order chi connectivity index (χ0) is 22.1. The Morgan fingerprint density at radius 3 is 2.62 bits per heavy atom. The van der Waals surface area contributed by atoms with Crippen molar-refractivity contribution in [1.82, 2.24) is 0 Å². The molecule has 0 saturated heterocycles. The predicted octanol–water partition coefficient (Wildman–Crippen LogP) is 8.13. The third-order valence-corrected chi connectivity index (χ3v) is 10.4. The molecule has 3 aliphatic carbocycles. The summed E-state index contributed by atoms with van der Waals surface area (Å²) in [6, 6.07) is 7.72. The molecule has 0 bridgehead atoms. The minimum Gasteiger partial charge on any atom is -0.382 e. The van der Waals surface area contributed by atoms with Gasteiger partial charge in [0.05, 0.1) is 0 Å². The zero-order valence-electron chi connectivity index (χ0n) is 20.2. The molecule has 2 heterocycles. The van der Waals surface area contributed by atoms with Crippen LogP contribution >= 0.6 is 11.3 Å². The van der Waals surface area contributed by atoms with Crippen LogP contribution < -0.4 is 5.32 Å². The maximum Gasteiger partial charge on any atom is 0.0410 e. The lowest BCUT2D eigenvalue weighted by Gasteiger charge is -2.35. The SMILES string of the molecule is CC1C=Cc2c(sc3c2C2C(C)C(C)C(c4cccc5c4NC(C(C)C)CC5)C2C=C3)C1. The predicted molar refractivity (Wildman–Crippen MR) is 140 cm³/mol. The van der Waals surface area contributed by atoms with Gasteiger partial charge in [-0.15, -0.1) is 11.3 Å². The number of fused-ring (bicyclic) bond motifs is 6. The van der Waals surface area contributed by atoms with Crippen molar-refractivity contribution in [2.24, 2.45) is 29.6 Å². The summed E-state index contributed by atoms with van der Waals surface area (Å²) in [7, 11) is 0. The van der Waals surface area contributed by atoms with Gasteiger partial charge < -0.3 is 5.32 Å². The number of rotatable bonds is 2. The Morgan fingerprint density at radius 2 is 1.81 bits per heavy atom. The molecule has 7 unspecified atom stereocenters. The molecular formula is C30H37NS. The Balaban J connectivity index is 1.43. The number of hydrogen-bond donors (Lipinski definition) is 1. The maximum absolute atomic E-state index is 4.01. The number of para-hydroxylation sites is 1. The van der Waals surface area contributed by atoms with E-state index >= 15 is 0 Å². The fraction of sp³-hybridized carbons (Fsp3) is 0.533. The second kappa shape index (κ2) is 7.62. The van der Waals surface area contributed by atoms with Gasteiger partial charge in [0.2, 0.25) is 0 Å². The van der Waals surface area contributed by atoms with Crippen molar-refractivity contribution in [3.63, 3.8) is 0 Å². The van der Waals surface area contributed by atoms with Gasteiger partial charge >= 0.3 is 0 Å². The molecule has 1 aliphatic heterocycles. The third kappa shape index (κ3) is 3.01. The standard InChI is InChI=1S/C30H37NS/c1-16(2)24-13-10-20-7-6-8-23(30(20)31-24)27-18(4)19(5)28-22(27)12-14-25-29(28)21-11-9-17(3)15-26(21)32-25/h6-9,11-12,14,16-19,22,24,27-28,31H,10,13,15H2,1-5H3. The molecule has 1 aromatic carbocycles. The first-order valence-electron chi connectivity index (χ1n) is 12.8. The monoisotopic (exact) mass is 443 g/mol. The van der Waals surface area contributed by atoms with Crippen LogP contribution in [0.4, 0.5) is 5.69 Å². The van der Waals surface area contributed by atoms with Crippen molar-refractivity contribution < 1.29 is 0 Å². The molecule has 1 nitrogen and oxygen atoms in total. The number of anilines is 1. The van der Waals surface area contributed by atoms with Gasteiger partial charge in [-0.2, -0.15) is 0 Å². The van der Waals surface area contributed by atoms with Crippen molar-refractivity contribution in [3.8, 4) is 0 Å². The molecule has 1 aromatic heterocycles. The second-order valence-corrected chi connectivity index (χ2v) is 12.5. The fourth-order valence-electron chi connectivity index (χ4n) is 7.26. The van der Waals surface area contributed by atoms with Crippen LogP contribution in [0.25, 0.3) is 12.2 Å². The van der Waals surface area contributed by atoms with E-state index in [0.717, 1.165) is 0 Å². The molecule has 2 heteroatoms. The van der Waals surface area contributed by atoms with E-state index in [1.54, 1.807) is 26.4 Å². The Hall–Kier alpha value is -1.80. The van der Waals surface area contributed by atoms with Gasteiger partial charge in [-0.25, -0.2) is 0 Å². The summed E-state index contributed by atoms with van der Waals surface area (Å²) in [4.78, 5) is 3.17. The first kappa shape index (κ1) is 20.8. The van der Waals surface area contributed by atoms with Crippen LogP contribution in [0, 0.1) is 29.6 Å². The molecular weight excluding hydrogens is 406 g/mol. The molecule has 1 N–H and O–H groups in total. The van der Waals surface area contributed by atoms with Gasteiger partial charge in [0.15, 0.2) is 0 Å². The molecule has 7 atom stereocenters. The number of hydrogen-bond acceptors (Lipinski definition) is 2. The molecule has 6 rings (SSSR count). The van der Waals surface area contributed by atoms with E-state index in [2.05, 4.69) is 93.8 Å². The first-order chi connectivity index (χ1) is 15.4. The number of aryl methyl sites for hydroxylation is 1. The van der Waals surface area contributed by atoms with Crippen LogP contribution in [-0.2, 0) is 12.8 Å². The molecule has 4 aliphatic rings. The summed E-state index contributed by atoms with van der Waals surface area (Å²) in [6.45, 7) is 12.1. The van der Waals surface area contributed by atoms with Gasteiger partial charge in [0.1, 0.15) is 0 Å². The van der Waals surface area contributed by atoms with Crippen LogP contribution in [0.1, 0.15) is 84.9 Å². The molecule has 2 aromatic rings. The summed E-state index contributed by atoms with van der Waals surface area (Å²) >= 11 is 2.07. The summed E-state index contributed by atoms with van der Waals surface area (Å²) in [6.07, 6.45) is 13.7. The number of benzene rings is 1. The minimum absolute atomic E-state index is 0.592. The van der Waals surface area contributed by atoms with Crippen molar-refractivity contribution in [1.29, 1.82) is 0 Å². The van der Waals surface area contributed by atoms with Crippen molar-refractivity contribution in [2.45, 2.75) is 71.8 Å². The number of thiophene rings is 1. The molecule has 1 fully saturated rings. The smallest absolute Gasteiger partial charge is 0.0410 e. The third-order valence-electron chi connectivity index (χ3n) is 9.18. The molecule has 0 amide bonds. The number of allylic oxidation sites excluding steroid dienone is 2. The lowest BCUT2D eigenvalue weighted by molar-refractivity contribution is 0.401. The Morgan fingerprint density at radius 1 is 1.00 bits per heavy atom. The van der Waals surface area contributed by atoms with Gasteiger partial charge in [0, 0.05) is 21.5 Å². The highest BCUT2D eigenvalue weighted by Gasteiger charge is 2.50. The fourth-order valence-corrected chi connectivity index (χ4v) is 8.66. The molecule has 32 heavy (non-hydrogen) atoms. The van der Waals surface area contributed by atoms with E-state index in [-0.39, 0.29) is 0 Å². The summed E-state index contributed by atoms with van der Waals surface area (Å²) in [5.41, 5.74) is 7.85. The Labute approximate surface area is 198 Å². The highest BCUT2D eigenvalue weighted by molar-refractivity contribution is 7.13. The number of nitrogens with one attached hydrogen (secondary N) is 1. The summed E-state index contributed by atoms with van der Waals surface area (Å²) < 4.78 is 0. The van der Waals surface area contributed by atoms with E-state index in [1.165, 1.54) is 30.5 Å². The van der Waals surface area contributed by atoms with E-state index in [1.807, 2.05) is 0 Å². The van der Waals surface area contributed by atoms with Crippen LogP contribution in [-0.4, -0.2) is 6.04 Å². The molecule has 1 saturated carbocycles. The lowest BCUT2D eigenvalue weighted by atomic mass is 9.74. The van der Waals surface area contributed by atoms with Gasteiger partial charge in [0.25, 0.3) is 0 Å². The van der Waals surface area contributed by atoms with Crippen molar-refractivity contribution in [2.75, 3.05) is 5.32 Å². The van der Waals surface area contributed by atoms with E-state index in [4.69, 9.17) is 0 Å². The van der Waals surface area contributed by atoms with Crippen LogP contribution in [0.5, 0.6) is 0 Å². The normalized spacial score (nSPS) is 34.6. The van der Waals surface area contributed by atoms with Crippen LogP contribution in [0.3, 0.4) is 0 Å². The van der Waals surface area contributed by atoms with E-state index < -0.39 is 0 Å². The molecule has 168 valence electrons. The van der Waals surface area contributed by atoms with Crippen molar-refractivity contribution >= 4 is 29.2 Å². The lowest BCUT2D eigenvalue weighted by Crippen LogP contribution is -2.31. The Kier molecular flexibility index (Phi) is 4.95. The van der Waals surface area contributed by atoms with Gasteiger partial charge in [-0.1, -0.05) is 71.0 Å². The van der Waals surface area contributed by atoms with Crippen LogP contribution in [0.2, 0.25) is 0 Å². The summed E-state index contributed by atoms with van der Waals surface area (Å²) in [5.74, 6) is 4.56. The average molecular weight is 444 g/mol. The molecule has 0 spiro atoms. The van der Waals surface area contributed by atoms with Crippen LogP contribution in [0.15, 0.2) is 30.4 Å². The first-order valence-corrected chi connectivity index (χ1v) is 13.7. The topological polar surface area (TPSA) is 12.0 Å². The highest BCUT2D eigenvalue weighted by Crippen LogP contribution is 2.61. The Bertz CT molecular complexity index is 1100. The van der Waals surface area contributed by atoms with Gasteiger partial charge in [-0.3, -0.25) is 0 Å². The van der Waals surface area contributed by atoms with E-state index in [9.17, 15) is 0 Å². The average Bonchev–Trinajstić information content (AvgIpc) is 3.27. The minimum atomic E-state index is 0.592. The summed E-state index contributed by atoms with van der Waals surface area (Å²) in [5, 5.41) is 4.01. The van der Waals surface area contributed by atoms with Crippen molar-refractivity contribution in [3.05, 3.63) is 62.4 Å². The molecule has 0 radical (unpaired) electrons. The van der Waals surface area contributed by atoms with Gasteiger partial charge in [-0.05, 0) is 89.0 Å². The van der Waals surface area contributed by atoms with E-state index in [0.29, 0.717) is 47.5 Å².